The van der Waals surface area contributed by atoms with Crippen molar-refractivity contribution in [3.63, 3.8) is 0 Å². The first-order valence-electron chi connectivity index (χ1n) is 5.41. The molecule has 1 amide bonds. The fourth-order valence-corrected chi connectivity index (χ4v) is 1.57. The molecule has 0 saturated heterocycles. The lowest BCUT2D eigenvalue weighted by Crippen LogP contribution is -2.46. The van der Waals surface area contributed by atoms with Crippen molar-refractivity contribution in [3.8, 4) is 0 Å². The molecule has 1 aromatic carbocycles. The first kappa shape index (κ1) is 13.7. The fourth-order valence-electron chi connectivity index (χ4n) is 1.57. The van der Waals surface area contributed by atoms with Crippen LogP contribution in [-0.2, 0) is 11.2 Å². The third-order valence-electron chi connectivity index (χ3n) is 2.43. The summed E-state index contributed by atoms with van der Waals surface area (Å²) in [6, 6.07) is 8.79. The van der Waals surface area contributed by atoms with Gasteiger partial charge in [-0.3, -0.25) is 4.79 Å². The van der Waals surface area contributed by atoms with E-state index in [1.807, 2.05) is 30.3 Å². The lowest BCUT2D eigenvalue weighted by atomic mass is 9.91. The molecule has 0 radical (unpaired) electrons. The molecule has 1 aromatic rings. The van der Waals surface area contributed by atoms with Crippen molar-refractivity contribution in [3.05, 3.63) is 35.9 Å². The van der Waals surface area contributed by atoms with Crippen molar-refractivity contribution in [1.82, 2.24) is 4.90 Å². The van der Waals surface area contributed by atoms with Gasteiger partial charge in [-0.2, -0.15) is 0 Å². The topological polar surface area (TPSA) is 86.8 Å². The number of nitrogens with two attached hydrogens (primary N) is 1. The van der Waals surface area contributed by atoms with E-state index >= 15 is 0 Å². The van der Waals surface area contributed by atoms with Crippen LogP contribution in [0.4, 0.5) is 0 Å². The van der Waals surface area contributed by atoms with Gasteiger partial charge in [0, 0.05) is 7.05 Å². The van der Waals surface area contributed by atoms with Crippen molar-refractivity contribution < 1.29 is 14.8 Å². The number of nitrogens with zero attached hydrogens (tertiary/aromatic N) is 1. The highest BCUT2D eigenvalue weighted by Gasteiger charge is 2.21. The smallest absolute Gasteiger partial charge is 0.426 e. The quantitative estimate of drug-likeness (QED) is 0.574. The molecule has 5 nitrogen and oxygen atoms in total. The zero-order chi connectivity index (χ0) is 12.8. The van der Waals surface area contributed by atoms with Crippen LogP contribution in [-0.4, -0.2) is 47.5 Å². The predicted octanol–water partition coefficient (Wildman–Crippen LogP) is -0.973. The molecule has 0 heterocycles. The van der Waals surface area contributed by atoms with E-state index in [2.05, 4.69) is 0 Å². The van der Waals surface area contributed by atoms with E-state index in [4.69, 9.17) is 15.8 Å². The number of benzene rings is 1. The van der Waals surface area contributed by atoms with Crippen molar-refractivity contribution >= 4 is 13.0 Å². The lowest BCUT2D eigenvalue weighted by molar-refractivity contribution is -0.130. The average molecular weight is 236 g/mol. The van der Waals surface area contributed by atoms with Crippen LogP contribution in [0, 0.1) is 0 Å². The normalized spacial score (nSPS) is 12.0. The van der Waals surface area contributed by atoms with Gasteiger partial charge in [0.25, 0.3) is 0 Å². The highest BCUT2D eigenvalue weighted by Crippen LogP contribution is 2.03. The van der Waals surface area contributed by atoms with E-state index in [-0.39, 0.29) is 12.4 Å². The van der Waals surface area contributed by atoms with Crippen LogP contribution >= 0.6 is 0 Å². The number of hydrogen-bond acceptors (Lipinski definition) is 4. The molecule has 0 aliphatic heterocycles. The highest BCUT2D eigenvalue weighted by molar-refractivity contribution is 6.41. The molecule has 1 atom stereocenters. The zero-order valence-electron chi connectivity index (χ0n) is 9.78. The molecule has 0 aromatic heterocycles. The van der Waals surface area contributed by atoms with Crippen LogP contribution in [0.3, 0.4) is 0 Å². The summed E-state index contributed by atoms with van der Waals surface area (Å²) in [5, 5.41) is 17.5. The predicted molar refractivity (Wildman–Crippen MR) is 66.0 cm³/mol. The Morgan fingerprint density at radius 2 is 2.00 bits per heavy atom. The van der Waals surface area contributed by atoms with Gasteiger partial charge < -0.3 is 20.7 Å². The number of amides is 1. The summed E-state index contributed by atoms with van der Waals surface area (Å²) >= 11 is 0. The minimum atomic E-state index is -1.53. The van der Waals surface area contributed by atoms with E-state index in [0.29, 0.717) is 6.42 Å². The third-order valence-corrected chi connectivity index (χ3v) is 2.43. The molecule has 0 saturated carbocycles. The number of likely N-dealkylation sites (N-methyl/N-ethyl adjacent to an activating group) is 1. The molecule has 0 bridgehead atoms. The second-order valence-corrected chi connectivity index (χ2v) is 4.00. The Morgan fingerprint density at radius 1 is 1.41 bits per heavy atom. The summed E-state index contributed by atoms with van der Waals surface area (Å²) in [6.45, 7) is 0. The summed E-state index contributed by atoms with van der Waals surface area (Å²) < 4.78 is 0. The summed E-state index contributed by atoms with van der Waals surface area (Å²) in [5.41, 5.74) is 6.75. The molecule has 6 heteroatoms. The van der Waals surface area contributed by atoms with Gasteiger partial charge in [0.2, 0.25) is 5.91 Å². The first-order chi connectivity index (χ1) is 8.00. The SMILES string of the molecule is CN(CB(O)O)C(=O)[C@@H](N)Cc1ccccc1. The Balaban J connectivity index is 2.52. The van der Waals surface area contributed by atoms with Crippen LogP contribution in [0.2, 0.25) is 0 Å². The molecule has 0 fully saturated rings. The van der Waals surface area contributed by atoms with E-state index in [0.717, 1.165) is 5.56 Å². The number of carbonyl (C=O) groups is 1. The van der Waals surface area contributed by atoms with E-state index in [1.165, 1.54) is 11.9 Å². The van der Waals surface area contributed by atoms with Crippen molar-refractivity contribution in [2.75, 3.05) is 13.5 Å². The molecule has 0 aliphatic rings. The highest BCUT2D eigenvalue weighted by atomic mass is 16.4. The average Bonchev–Trinajstić information content (AvgIpc) is 2.28. The standard InChI is InChI=1S/C11H17BN2O3/c1-14(8-12(16)17)11(15)10(13)7-9-5-3-2-4-6-9/h2-6,10,16-17H,7-8,13H2,1H3/t10-/m0/s1. The van der Waals surface area contributed by atoms with Crippen LogP contribution in [0.15, 0.2) is 30.3 Å². The van der Waals surface area contributed by atoms with Gasteiger partial charge in [-0.1, -0.05) is 30.3 Å². The number of rotatable bonds is 5. The molecular weight excluding hydrogens is 219 g/mol. The van der Waals surface area contributed by atoms with Gasteiger partial charge in [0.15, 0.2) is 0 Å². The molecular formula is C11H17BN2O3. The summed E-state index contributed by atoms with van der Waals surface area (Å²) in [5.74, 6) is -0.304. The zero-order valence-corrected chi connectivity index (χ0v) is 9.78. The van der Waals surface area contributed by atoms with Gasteiger partial charge in [-0.05, 0) is 12.0 Å². The number of carbonyl (C=O) groups excluding carboxylic acids is 1. The first-order valence-corrected chi connectivity index (χ1v) is 5.41. The van der Waals surface area contributed by atoms with Crippen molar-refractivity contribution in [2.24, 2.45) is 5.73 Å². The molecule has 17 heavy (non-hydrogen) atoms. The maximum Gasteiger partial charge on any atom is 0.472 e. The Labute approximate surface area is 101 Å². The second kappa shape index (κ2) is 6.39. The van der Waals surface area contributed by atoms with E-state index in [9.17, 15) is 4.79 Å². The monoisotopic (exact) mass is 236 g/mol. The Hall–Kier alpha value is -1.37. The molecule has 0 unspecified atom stereocenters. The Kier molecular flexibility index (Phi) is 5.15. The molecule has 1 rings (SSSR count). The minimum absolute atomic E-state index is 0.138. The maximum absolute atomic E-state index is 11.8. The molecule has 0 spiro atoms. The van der Waals surface area contributed by atoms with Gasteiger partial charge in [-0.15, -0.1) is 0 Å². The van der Waals surface area contributed by atoms with Gasteiger partial charge in [0.05, 0.1) is 12.5 Å². The van der Waals surface area contributed by atoms with Crippen LogP contribution in [0.1, 0.15) is 5.56 Å². The summed E-state index contributed by atoms with van der Waals surface area (Å²) in [7, 11) is -0.0417. The van der Waals surface area contributed by atoms with Crippen LogP contribution < -0.4 is 5.73 Å². The van der Waals surface area contributed by atoms with Gasteiger partial charge in [-0.25, -0.2) is 0 Å². The van der Waals surface area contributed by atoms with Crippen molar-refractivity contribution in [2.45, 2.75) is 12.5 Å². The Bertz CT molecular complexity index is 359. The lowest BCUT2D eigenvalue weighted by Gasteiger charge is -2.20. The van der Waals surface area contributed by atoms with Crippen molar-refractivity contribution in [1.29, 1.82) is 0 Å². The van der Waals surface area contributed by atoms with Gasteiger partial charge in [0.1, 0.15) is 0 Å². The molecule has 0 aliphatic carbocycles. The van der Waals surface area contributed by atoms with Crippen LogP contribution in [0.5, 0.6) is 0 Å². The number of hydrogen-bond donors (Lipinski definition) is 3. The summed E-state index contributed by atoms with van der Waals surface area (Å²) in [6.07, 6.45) is 0.298. The second-order valence-electron chi connectivity index (χ2n) is 4.00. The molecule has 4 N–H and O–H groups in total. The van der Waals surface area contributed by atoms with Crippen LogP contribution in [0.25, 0.3) is 0 Å². The minimum Gasteiger partial charge on any atom is -0.426 e. The van der Waals surface area contributed by atoms with Gasteiger partial charge >= 0.3 is 7.12 Å². The fraction of sp³-hybridized carbons (Fsp3) is 0.364. The molecule has 92 valence electrons. The van der Waals surface area contributed by atoms with E-state index in [1.54, 1.807) is 0 Å². The third kappa shape index (κ3) is 4.56. The maximum atomic E-state index is 11.8. The largest absolute Gasteiger partial charge is 0.472 e. The van der Waals surface area contributed by atoms with E-state index < -0.39 is 13.2 Å². The Morgan fingerprint density at radius 3 is 2.53 bits per heavy atom. The summed E-state index contributed by atoms with van der Waals surface area (Å²) in [4.78, 5) is 13.0.